The van der Waals surface area contributed by atoms with Crippen LogP contribution in [0, 0.1) is 5.92 Å². The third-order valence-electron chi connectivity index (χ3n) is 4.93. The third kappa shape index (κ3) is 6.19. The number of carbonyl (C=O) groups excluding carboxylic acids is 3. The monoisotopic (exact) mass is 420 g/mol. The molecule has 1 aliphatic rings. The lowest BCUT2D eigenvalue weighted by molar-refractivity contribution is -0.166. The Morgan fingerprint density at radius 3 is 2.13 bits per heavy atom. The first-order valence-electron chi connectivity index (χ1n) is 10.2. The number of morpholine rings is 1. The number of benzene rings is 1. The van der Waals surface area contributed by atoms with Gasteiger partial charge in [-0.3, -0.25) is 9.59 Å². The van der Waals surface area contributed by atoms with Gasteiger partial charge < -0.3 is 24.4 Å². The van der Waals surface area contributed by atoms with E-state index >= 15 is 0 Å². The van der Waals surface area contributed by atoms with Gasteiger partial charge in [0.25, 0.3) is 11.8 Å². The van der Waals surface area contributed by atoms with E-state index in [1.807, 2.05) is 13.8 Å². The summed E-state index contributed by atoms with van der Waals surface area (Å²) >= 11 is 0. The molecule has 1 N–H and O–H groups in total. The van der Waals surface area contributed by atoms with Crippen molar-refractivity contribution in [3.63, 3.8) is 0 Å². The lowest BCUT2D eigenvalue weighted by atomic mass is 10.0. The van der Waals surface area contributed by atoms with Gasteiger partial charge in [0.2, 0.25) is 0 Å². The Bertz CT molecular complexity index is 738. The van der Waals surface area contributed by atoms with Gasteiger partial charge in [0.15, 0.2) is 6.10 Å². The largest absolute Gasteiger partial charge is 0.497 e. The second-order valence-electron chi connectivity index (χ2n) is 8.00. The van der Waals surface area contributed by atoms with Crippen molar-refractivity contribution in [2.24, 2.45) is 5.92 Å². The zero-order valence-electron chi connectivity index (χ0n) is 18.5. The van der Waals surface area contributed by atoms with Gasteiger partial charge in [-0.05, 0) is 51.0 Å². The molecule has 1 aliphatic heterocycles. The van der Waals surface area contributed by atoms with Crippen molar-refractivity contribution in [3.8, 4) is 5.75 Å². The van der Waals surface area contributed by atoms with E-state index in [-0.39, 0.29) is 24.0 Å². The van der Waals surface area contributed by atoms with Gasteiger partial charge in [-0.25, -0.2) is 4.79 Å². The molecule has 1 heterocycles. The van der Waals surface area contributed by atoms with E-state index in [4.69, 9.17) is 14.2 Å². The van der Waals surface area contributed by atoms with E-state index in [0.717, 1.165) is 0 Å². The lowest BCUT2D eigenvalue weighted by Gasteiger charge is -2.36. The van der Waals surface area contributed by atoms with Gasteiger partial charge in [0.05, 0.1) is 19.3 Å². The van der Waals surface area contributed by atoms with Crippen LogP contribution in [0.2, 0.25) is 0 Å². The first-order valence-corrected chi connectivity index (χ1v) is 10.2. The Balaban J connectivity index is 2.00. The fourth-order valence-corrected chi connectivity index (χ4v) is 3.38. The second kappa shape index (κ2) is 10.4. The molecule has 0 saturated carbocycles. The van der Waals surface area contributed by atoms with Crippen molar-refractivity contribution in [3.05, 3.63) is 29.8 Å². The lowest BCUT2D eigenvalue weighted by Crippen LogP contribution is -2.52. The highest BCUT2D eigenvalue weighted by molar-refractivity contribution is 5.97. The Hall–Kier alpha value is -2.61. The minimum absolute atomic E-state index is 0.0761. The first-order chi connectivity index (χ1) is 14.1. The fourth-order valence-electron chi connectivity index (χ4n) is 3.38. The maximum absolute atomic E-state index is 12.7. The van der Waals surface area contributed by atoms with Crippen LogP contribution in [0.4, 0.5) is 0 Å². The number of methoxy groups -OCH3 is 1. The Labute approximate surface area is 177 Å². The number of ether oxygens (including phenoxy) is 3. The summed E-state index contributed by atoms with van der Waals surface area (Å²) < 4.78 is 16.2. The van der Waals surface area contributed by atoms with Crippen molar-refractivity contribution in [1.29, 1.82) is 0 Å². The molecular weight excluding hydrogens is 388 g/mol. The molecule has 166 valence electrons. The van der Waals surface area contributed by atoms with Crippen LogP contribution in [0.3, 0.4) is 0 Å². The third-order valence-corrected chi connectivity index (χ3v) is 4.93. The molecule has 0 aliphatic carbocycles. The summed E-state index contributed by atoms with van der Waals surface area (Å²) in [7, 11) is 1.54. The molecule has 1 aromatic rings. The number of hydrogen-bond acceptors (Lipinski definition) is 6. The molecule has 8 nitrogen and oxygen atoms in total. The molecule has 30 heavy (non-hydrogen) atoms. The summed E-state index contributed by atoms with van der Waals surface area (Å²) in [6.45, 7) is 9.86. The number of nitrogens with one attached hydrogen (secondary N) is 1. The predicted molar refractivity (Wildman–Crippen MR) is 111 cm³/mol. The summed E-state index contributed by atoms with van der Waals surface area (Å²) in [5.74, 6) is -0.893. The number of amides is 2. The Morgan fingerprint density at radius 1 is 1.07 bits per heavy atom. The van der Waals surface area contributed by atoms with E-state index < -0.39 is 24.0 Å². The predicted octanol–water partition coefficient (Wildman–Crippen LogP) is 2.02. The molecule has 0 spiro atoms. The molecular formula is C22H32N2O6. The van der Waals surface area contributed by atoms with Crippen molar-refractivity contribution >= 4 is 17.8 Å². The normalized spacial score (nSPS) is 21.0. The molecule has 1 aromatic carbocycles. The van der Waals surface area contributed by atoms with Gasteiger partial charge >= 0.3 is 5.97 Å². The minimum Gasteiger partial charge on any atom is -0.497 e. The highest BCUT2D eigenvalue weighted by Gasteiger charge is 2.33. The molecule has 2 amide bonds. The molecule has 0 aromatic heterocycles. The van der Waals surface area contributed by atoms with Crippen LogP contribution in [0.1, 0.15) is 45.0 Å². The van der Waals surface area contributed by atoms with E-state index in [1.165, 1.54) is 0 Å². The number of rotatable bonds is 7. The number of carbonyl (C=O) groups is 3. The first kappa shape index (κ1) is 23.7. The van der Waals surface area contributed by atoms with E-state index in [2.05, 4.69) is 5.32 Å². The van der Waals surface area contributed by atoms with Crippen LogP contribution in [-0.4, -0.2) is 67.2 Å². The van der Waals surface area contributed by atoms with E-state index in [0.29, 0.717) is 24.4 Å². The standard InChI is InChI=1S/C22H32N2O6/c1-13(2)19(23-20(25)17-7-9-18(28-6)10-8-17)22(27)30-16(5)21(26)24-11-14(3)29-15(4)12-24/h7-10,13-16,19H,11-12H2,1-6H3,(H,23,25)/t14-,15+,16-,19-/m0/s1. The average molecular weight is 421 g/mol. The second-order valence-corrected chi connectivity index (χ2v) is 8.00. The van der Waals surface area contributed by atoms with Crippen LogP contribution in [-0.2, 0) is 19.1 Å². The van der Waals surface area contributed by atoms with Crippen molar-refractivity contribution < 1.29 is 28.6 Å². The van der Waals surface area contributed by atoms with Crippen LogP contribution < -0.4 is 10.1 Å². The molecule has 1 fully saturated rings. The average Bonchev–Trinajstić information content (AvgIpc) is 2.70. The van der Waals surface area contributed by atoms with Gasteiger partial charge in [-0.15, -0.1) is 0 Å². The summed E-state index contributed by atoms with van der Waals surface area (Å²) in [5, 5.41) is 2.71. The van der Waals surface area contributed by atoms with Gasteiger partial charge in [0.1, 0.15) is 11.8 Å². The number of nitrogens with zero attached hydrogens (tertiary/aromatic N) is 1. The zero-order chi connectivity index (χ0) is 22.4. The SMILES string of the molecule is COc1ccc(C(=O)N[C@H](C(=O)O[C@@H](C)C(=O)N2C[C@@H](C)O[C@@H](C)C2)C(C)C)cc1. The molecule has 4 atom stereocenters. The van der Waals surface area contributed by atoms with E-state index in [1.54, 1.807) is 57.0 Å². The smallest absolute Gasteiger partial charge is 0.329 e. The molecule has 0 radical (unpaired) electrons. The molecule has 1 saturated heterocycles. The van der Waals surface area contributed by atoms with Crippen molar-refractivity contribution in [2.45, 2.75) is 59.0 Å². The summed E-state index contributed by atoms with van der Waals surface area (Å²) in [6.07, 6.45) is -1.10. The molecule has 8 heteroatoms. The van der Waals surface area contributed by atoms with Gasteiger partial charge in [0, 0.05) is 18.7 Å². The molecule has 2 rings (SSSR count). The zero-order valence-corrected chi connectivity index (χ0v) is 18.5. The van der Waals surface area contributed by atoms with Gasteiger partial charge in [-0.1, -0.05) is 13.8 Å². The highest BCUT2D eigenvalue weighted by atomic mass is 16.6. The van der Waals surface area contributed by atoms with Crippen LogP contribution in [0.15, 0.2) is 24.3 Å². The summed E-state index contributed by atoms with van der Waals surface area (Å²) in [4.78, 5) is 39.6. The summed E-state index contributed by atoms with van der Waals surface area (Å²) in [5.41, 5.74) is 0.398. The number of esters is 1. The van der Waals surface area contributed by atoms with Crippen molar-refractivity contribution in [2.75, 3.05) is 20.2 Å². The maximum Gasteiger partial charge on any atom is 0.329 e. The topological polar surface area (TPSA) is 94.2 Å². The van der Waals surface area contributed by atoms with Crippen LogP contribution in [0.5, 0.6) is 5.75 Å². The van der Waals surface area contributed by atoms with Crippen LogP contribution >= 0.6 is 0 Å². The van der Waals surface area contributed by atoms with Crippen LogP contribution in [0.25, 0.3) is 0 Å². The maximum atomic E-state index is 12.7. The number of hydrogen-bond donors (Lipinski definition) is 1. The van der Waals surface area contributed by atoms with Crippen molar-refractivity contribution in [1.82, 2.24) is 10.2 Å². The summed E-state index contributed by atoms with van der Waals surface area (Å²) in [6, 6.07) is 5.69. The fraction of sp³-hybridized carbons (Fsp3) is 0.591. The van der Waals surface area contributed by atoms with Gasteiger partial charge in [-0.2, -0.15) is 0 Å². The minimum atomic E-state index is -0.950. The highest BCUT2D eigenvalue weighted by Crippen LogP contribution is 2.15. The Kier molecular flexibility index (Phi) is 8.23. The quantitative estimate of drug-likeness (QED) is 0.679. The molecule has 0 unspecified atom stereocenters. The Morgan fingerprint density at radius 2 is 1.63 bits per heavy atom. The van der Waals surface area contributed by atoms with E-state index in [9.17, 15) is 14.4 Å². The molecule has 0 bridgehead atoms.